The summed E-state index contributed by atoms with van der Waals surface area (Å²) in [7, 11) is 4.61. The Balaban J connectivity index is 2.07. The lowest BCUT2D eigenvalue weighted by molar-refractivity contribution is -0.114. The Kier molecular flexibility index (Phi) is 6.36. The molecule has 0 spiro atoms. The van der Waals surface area contributed by atoms with Crippen LogP contribution >= 0.6 is 11.6 Å². The predicted octanol–water partition coefficient (Wildman–Crippen LogP) is 3.72. The van der Waals surface area contributed by atoms with Crippen molar-refractivity contribution in [2.75, 3.05) is 38.5 Å². The summed E-state index contributed by atoms with van der Waals surface area (Å²) in [4.78, 5) is 12.2. The van der Waals surface area contributed by atoms with Gasteiger partial charge in [-0.1, -0.05) is 17.7 Å². The van der Waals surface area contributed by atoms with Crippen LogP contribution in [0.15, 0.2) is 30.3 Å². The molecule has 134 valence electrons. The van der Waals surface area contributed by atoms with Crippen molar-refractivity contribution in [1.29, 1.82) is 0 Å². The topological polar surface area (TPSA) is 68.8 Å². The number of anilines is 2. The number of methoxy groups -OCH3 is 3. The van der Waals surface area contributed by atoms with Gasteiger partial charge in [0.25, 0.3) is 0 Å². The summed E-state index contributed by atoms with van der Waals surface area (Å²) in [5.41, 5.74) is 2.29. The Bertz CT molecular complexity index is 740. The van der Waals surface area contributed by atoms with Gasteiger partial charge in [-0.25, -0.2) is 0 Å². The molecule has 2 rings (SSSR count). The van der Waals surface area contributed by atoms with Crippen LogP contribution in [0.4, 0.5) is 11.4 Å². The molecule has 0 fully saturated rings. The van der Waals surface area contributed by atoms with E-state index in [1.807, 2.05) is 13.0 Å². The molecule has 0 aliphatic rings. The van der Waals surface area contributed by atoms with Gasteiger partial charge in [-0.2, -0.15) is 0 Å². The van der Waals surface area contributed by atoms with Gasteiger partial charge in [0, 0.05) is 28.5 Å². The van der Waals surface area contributed by atoms with Crippen LogP contribution in [0.5, 0.6) is 17.2 Å². The van der Waals surface area contributed by atoms with Crippen molar-refractivity contribution in [2.24, 2.45) is 0 Å². The third-order valence-electron chi connectivity index (χ3n) is 3.59. The van der Waals surface area contributed by atoms with E-state index in [0.29, 0.717) is 33.6 Å². The van der Waals surface area contributed by atoms with E-state index in [2.05, 4.69) is 10.6 Å². The van der Waals surface area contributed by atoms with Gasteiger partial charge in [-0.15, -0.1) is 0 Å². The van der Waals surface area contributed by atoms with Gasteiger partial charge in [0.2, 0.25) is 11.7 Å². The van der Waals surface area contributed by atoms with Crippen molar-refractivity contribution in [1.82, 2.24) is 0 Å². The van der Waals surface area contributed by atoms with Crippen molar-refractivity contribution in [2.45, 2.75) is 6.92 Å². The molecule has 0 aliphatic carbocycles. The van der Waals surface area contributed by atoms with Crippen LogP contribution in [0.25, 0.3) is 0 Å². The molecule has 0 aromatic heterocycles. The average Bonchev–Trinajstić information content (AvgIpc) is 2.61. The number of hydrogen-bond acceptors (Lipinski definition) is 5. The molecule has 0 saturated heterocycles. The van der Waals surface area contributed by atoms with E-state index in [9.17, 15) is 4.79 Å². The van der Waals surface area contributed by atoms with Crippen LogP contribution < -0.4 is 24.8 Å². The maximum atomic E-state index is 12.2. The summed E-state index contributed by atoms with van der Waals surface area (Å²) in [6.45, 7) is 1.98. The van der Waals surface area contributed by atoms with Crippen LogP contribution in [0.3, 0.4) is 0 Å². The molecule has 7 heteroatoms. The lowest BCUT2D eigenvalue weighted by atomic mass is 10.2. The van der Waals surface area contributed by atoms with Crippen molar-refractivity contribution in [3.8, 4) is 17.2 Å². The van der Waals surface area contributed by atoms with Crippen LogP contribution in [0, 0.1) is 6.92 Å². The van der Waals surface area contributed by atoms with Gasteiger partial charge < -0.3 is 24.8 Å². The molecule has 2 N–H and O–H groups in total. The zero-order valence-corrected chi connectivity index (χ0v) is 15.4. The van der Waals surface area contributed by atoms with E-state index < -0.39 is 0 Å². The highest BCUT2D eigenvalue weighted by molar-refractivity contribution is 6.31. The molecule has 1 amide bonds. The minimum absolute atomic E-state index is 0.0740. The quantitative estimate of drug-likeness (QED) is 0.783. The van der Waals surface area contributed by atoms with Gasteiger partial charge in [0.1, 0.15) is 0 Å². The van der Waals surface area contributed by atoms with Crippen LogP contribution in [0.2, 0.25) is 5.02 Å². The highest BCUT2D eigenvalue weighted by Crippen LogP contribution is 2.39. The number of rotatable bonds is 7. The summed E-state index contributed by atoms with van der Waals surface area (Å²) in [5, 5.41) is 6.43. The number of ether oxygens (including phenoxy) is 3. The molecule has 6 nitrogen and oxygen atoms in total. The summed E-state index contributed by atoms with van der Waals surface area (Å²) in [6.07, 6.45) is 0. The first-order valence-corrected chi connectivity index (χ1v) is 7.96. The summed E-state index contributed by atoms with van der Waals surface area (Å²) >= 11 is 5.96. The van der Waals surface area contributed by atoms with Crippen molar-refractivity contribution in [3.63, 3.8) is 0 Å². The van der Waals surface area contributed by atoms with E-state index >= 15 is 0 Å². The molecule has 25 heavy (non-hydrogen) atoms. The van der Waals surface area contributed by atoms with Gasteiger partial charge in [-0.3, -0.25) is 4.79 Å². The second kappa shape index (κ2) is 8.48. The fraction of sp³-hybridized carbons (Fsp3) is 0.278. The predicted molar refractivity (Wildman–Crippen MR) is 99.4 cm³/mol. The Morgan fingerprint density at radius 3 is 2.24 bits per heavy atom. The summed E-state index contributed by atoms with van der Waals surface area (Å²) in [6, 6.07) is 8.82. The largest absolute Gasteiger partial charge is 0.493 e. The van der Waals surface area contributed by atoms with Crippen LogP contribution in [0.1, 0.15) is 5.56 Å². The summed E-state index contributed by atoms with van der Waals surface area (Å²) in [5.74, 6) is 1.32. The van der Waals surface area contributed by atoms with Crippen molar-refractivity contribution in [3.05, 3.63) is 40.9 Å². The van der Waals surface area contributed by atoms with E-state index in [4.69, 9.17) is 25.8 Å². The molecule has 0 aliphatic heterocycles. The minimum Gasteiger partial charge on any atom is -0.493 e. The van der Waals surface area contributed by atoms with E-state index in [1.54, 1.807) is 24.3 Å². The molecule has 0 saturated carbocycles. The fourth-order valence-electron chi connectivity index (χ4n) is 2.29. The highest BCUT2D eigenvalue weighted by Gasteiger charge is 2.14. The first-order valence-electron chi connectivity index (χ1n) is 7.58. The van der Waals surface area contributed by atoms with E-state index in [-0.39, 0.29) is 12.5 Å². The van der Waals surface area contributed by atoms with Gasteiger partial charge in [-0.05, 0) is 24.6 Å². The number of halogens is 1. The average molecular weight is 365 g/mol. The van der Waals surface area contributed by atoms with Gasteiger partial charge in [0.05, 0.1) is 27.9 Å². The number of amides is 1. The SMILES string of the molecule is COc1cc(NCC(=O)Nc2cc(Cl)ccc2C)cc(OC)c1OC. The monoisotopic (exact) mass is 364 g/mol. The van der Waals surface area contributed by atoms with E-state index in [0.717, 1.165) is 5.56 Å². The standard InChI is InChI=1S/C18H21ClN2O4/c1-11-5-6-12(19)7-14(11)21-17(22)10-20-13-8-15(23-2)18(25-4)16(9-13)24-3/h5-9,20H,10H2,1-4H3,(H,21,22). The highest BCUT2D eigenvalue weighted by atomic mass is 35.5. The summed E-state index contributed by atoms with van der Waals surface area (Å²) < 4.78 is 15.9. The number of aryl methyl sites for hydroxylation is 1. The lowest BCUT2D eigenvalue weighted by Gasteiger charge is -2.15. The second-order valence-electron chi connectivity index (χ2n) is 5.27. The number of carbonyl (C=O) groups is 1. The smallest absolute Gasteiger partial charge is 0.243 e. The molecule has 2 aromatic rings. The Hall–Kier alpha value is -2.60. The lowest BCUT2D eigenvalue weighted by Crippen LogP contribution is -2.22. The second-order valence-corrected chi connectivity index (χ2v) is 5.71. The first-order chi connectivity index (χ1) is 12.0. The normalized spacial score (nSPS) is 10.1. The van der Waals surface area contributed by atoms with Crippen LogP contribution in [-0.4, -0.2) is 33.8 Å². The molecule has 0 bridgehead atoms. The number of nitrogens with one attached hydrogen (secondary N) is 2. The zero-order chi connectivity index (χ0) is 18.4. The van der Waals surface area contributed by atoms with Gasteiger partial charge >= 0.3 is 0 Å². The molecule has 0 atom stereocenters. The first kappa shape index (κ1) is 18.7. The van der Waals surface area contributed by atoms with Crippen LogP contribution in [-0.2, 0) is 4.79 Å². The Labute approximate surface area is 152 Å². The maximum absolute atomic E-state index is 12.2. The van der Waals surface area contributed by atoms with E-state index in [1.165, 1.54) is 21.3 Å². The van der Waals surface area contributed by atoms with Crippen molar-refractivity contribution >= 4 is 28.9 Å². The molecule has 0 unspecified atom stereocenters. The molecular weight excluding hydrogens is 344 g/mol. The third-order valence-corrected chi connectivity index (χ3v) is 3.83. The zero-order valence-electron chi connectivity index (χ0n) is 14.6. The maximum Gasteiger partial charge on any atom is 0.243 e. The Morgan fingerprint density at radius 1 is 1.04 bits per heavy atom. The third kappa shape index (κ3) is 4.70. The number of hydrogen-bond donors (Lipinski definition) is 2. The molecule has 2 aromatic carbocycles. The van der Waals surface area contributed by atoms with Gasteiger partial charge in [0.15, 0.2) is 11.5 Å². The van der Waals surface area contributed by atoms with Crippen molar-refractivity contribution < 1.29 is 19.0 Å². The molecule has 0 heterocycles. The number of carbonyl (C=O) groups excluding carboxylic acids is 1. The molecular formula is C18H21ClN2O4. The number of benzene rings is 2. The fourth-order valence-corrected chi connectivity index (χ4v) is 2.46. The Morgan fingerprint density at radius 2 is 1.68 bits per heavy atom. The molecule has 0 radical (unpaired) electrons. The minimum atomic E-state index is -0.195.